The first-order valence-electron chi connectivity index (χ1n) is 9.79. The zero-order chi connectivity index (χ0) is 20.6. The molecule has 6 heteroatoms. The zero-order valence-electron chi connectivity index (χ0n) is 17.3. The van der Waals surface area contributed by atoms with Gasteiger partial charge in [0.2, 0.25) is 0 Å². The fourth-order valence-electron chi connectivity index (χ4n) is 3.40. The van der Waals surface area contributed by atoms with E-state index in [9.17, 15) is 14.0 Å². The van der Waals surface area contributed by atoms with Crippen LogP contribution in [-0.4, -0.2) is 54.6 Å². The average Bonchev–Trinajstić information content (AvgIpc) is 3.44. The molecule has 1 heterocycles. The molecule has 1 saturated carbocycles. The second kappa shape index (κ2) is 7.57. The summed E-state index contributed by atoms with van der Waals surface area (Å²) < 4.78 is 20.3. The van der Waals surface area contributed by atoms with Crippen LogP contribution in [0.3, 0.4) is 0 Å². The van der Waals surface area contributed by atoms with Crippen molar-refractivity contribution in [1.82, 2.24) is 9.80 Å². The van der Waals surface area contributed by atoms with Crippen molar-refractivity contribution in [2.24, 2.45) is 0 Å². The fourth-order valence-corrected chi connectivity index (χ4v) is 3.40. The number of carbonyl (C=O) groups excluding carboxylic acids is 2. The fraction of sp³-hybridized carbons (Fsp3) is 0.545. The van der Waals surface area contributed by atoms with Crippen molar-refractivity contribution in [2.45, 2.75) is 51.6 Å². The van der Waals surface area contributed by atoms with Gasteiger partial charge in [-0.15, -0.1) is 0 Å². The molecule has 0 radical (unpaired) electrons. The number of amides is 2. The third-order valence-corrected chi connectivity index (χ3v) is 5.00. The molecular formula is C22H29FN2O3. The molecule has 0 unspecified atom stereocenters. The van der Waals surface area contributed by atoms with Gasteiger partial charge in [0.1, 0.15) is 11.4 Å². The van der Waals surface area contributed by atoms with Gasteiger partial charge in [-0.2, -0.15) is 0 Å². The molecule has 0 aromatic heterocycles. The predicted molar refractivity (Wildman–Crippen MR) is 107 cm³/mol. The van der Waals surface area contributed by atoms with Gasteiger partial charge in [-0.1, -0.05) is 6.08 Å². The van der Waals surface area contributed by atoms with E-state index >= 15 is 0 Å². The minimum Gasteiger partial charge on any atom is -0.444 e. The molecule has 152 valence electrons. The Balaban J connectivity index is 1.84. The highest BCUT2D eigenvalue weighted by molar-refractivity contribution is 5.96. The smallest absolute Gasteiger partial charge is 0.410 e. The van der Waals surface area contributed by atoms with E-state index in [0.29, 0.717) is 36.6 Å². The van der Waals surface area contributed by atoms with Crippen LogP contribution in [0.25, 0.3) is 5.57 Å². The number of rotatable bonds is 3. The SMILES string of the molecule is CN(C)C(=O)c1cc(F)c(C2=CCN(C(=O)OC(C)(C)C)CC2)cc1C1CC1. The van der Waals surface area contributed by atoms with Gasteiger partial charge >= 0.3 is 6.09 Å². The second-order valence-electron chi connectivity index (χ2n) is 8.80. The summed E-state index contributed by atoms with van der Waals surface area (Å²) in [4.78, 5) is 27.8. The lowest BCUT2D eigenvalue weighted by atomic mass is 9.92. The lowest BCUT2D eigenvalue weighted by Crippen LogP contribution is -2.39. The van der Waals surface area contributed by atoms with Crippen LogP contribution in [0.4, 0.5) is 9.18 Å². The van der Waals surface area contributed by atoms with Crippen molar-refractivity contribution >= 4 is 17.6 Å². The van der Waals surface area contributed by atoms with Gasteiger partial charge in [-0.3, -0.25) is 4.79 Å². The highest BCUT2D eigenvalue weighted by atomic mass is 19.1. The molecule has 1 aromatic carbocycles. The lowest BCUT2D eigenvalue weighted by molar-refractivity contribution is 0.0270. The third kappa shape index (κ3) is 4.54. The minimum atomic E-state index is -0.541. The van der Waals surface area contributed by atoms with E-state index < -0.39 is 5.60 Å². The van der Waals surface area contributed by atoms with Crippen molar-refractivity contribution in [3.8, 4) is 0 Å². The molecule has 0 atom stereocenters. The van der Waals surface area contributed by atoms with Crippen molar-refractivity contribution in [3.63, 3.8) is 0 Å². The van der Waals surface area contributed by atoms with E-state index in [1.807, 2.05) is 32.9 Å². The third-order valence-electron chi connectivity index (χ3n) is 5.00. The van der Waals surface area contributed by atoms with Crippen LogP contribution in [0.1, 0.15) is 67.4 Å². The highest BCUT2D eigenvalue weighted by Gasteiger charge is 2.31. The van der Waals surface area contributed by atoms with E-state index in [1.54, 1.807) is 19.0 Å². The van der Waals surface area contributed by atoms with Crippen molar-refractivity contribution in [2.75, 3.05) is 27.2 Å². The number of nitrogens with zero attached hydrogens (tertiary/aromatic N) is 2. The molecule has 0 saturated heterocycles. The summed E-state index contributed by atoms with van der Waals surface area (Å²) in [5.41, 5.74) is 2.27. The Bertz CT molecular complexity index is 820. The number of hydrogen-bond donors (Lipinski definition) is 0. The number of carbonyl (C=O) groups is 2. The Morgan fingerprint density at radius 2 is 1.89 bits per heavy atom. The van der Waals surface area contributed by atoms with Gasteiger partial charge in [-0.25, -0.2) is 9.18 Å². The molecular weight excluding hydrogens is 359 g/mol. The molecule has 0 bridgehead atoms. The first-order chi connectivity index (χ1) is 13.1. The second-order valence-corrected chi connectivity index (χ2v) is 8.80. The van der Waals surface area contributed by atoms with Gasteiger partial charge in [0.15, 0.2) is 0 Å². The Labute approximate surface area is 166 Å². The molecule has 1 aliphatic carbocycles. The molecule has 1 aliphatic heterocycles. The van der Waals surface area contributed by atoms with E-state index in [2.05, 4.69) is 0 Å². The summed E-state index contributed by atoms with van der Waals surface area (Å²) in [5, 5.41) is 0. The normalized spacial score (nSPS) is 17.2. The van der Waals surface area contributed by atoms with Crippen molar-refractivity contribution in [3.05, 3.63) is 40.7 Å². The topological polar surface area (TPSA) is 49.9 Å². The molecule has 0 N–H and O–H groups in total. The van der Waals surface area contributed by atoms with Crippen LogP contribution in [-0.2, 0) is 4.74 Å². The summed E-state index contributed by atoms with van der Waals surface area (Å²) in [5.74, 6) is -0.214. The number of hydrogen-bond acceptors (Lipinski definition) is 3. The Hall–Kier alpha value is -2.37. The minimum absolute atomic E-state index is 0.166. The van der Waals surface area contributed by atoms with Crippen LogP contribution in [0.2, 0.25) is 0 Å². The largest absolute Gasteiger partial charge is 0.444 e. The summed E-state index contributed by atoms with van der Waals surface area (Å²) in [6.07, 6.45) is 4.15. The molecule has 2 amide bonds. The molecule has 0 spiro atoms. The molecule has 28 heavy (non-hydrogen) atoms. The summed E-state index contributed by atoms with van der Waals surface area (Å²) in [6.45, 7) is 6.38. The van der Waals surface area contributed by atoms with Gasteiger partial charge in [0, 0.05) is 38.3 Å². The average molecular weight is 388 g/mol. The van der Waals surface area contributed by atoms with Crippen LogP contribution in [0.5, 0.6) is 0 Å². The summed E-state index contributed by atoms with van der Waals surface area (Å²) in [7, 11) is 3.36. The van der Waals surface area contributed by atoms with E-state index in [-0.39, 0.29) is 17.8 Å². The van der Waals surface area contributed by atoms with Crippen LogP contribution in [0, 0.1) is 5.82 Å². The van der Waals surface area contributed by atoms with Crippen LogP contribution in [0.15, 0.2) is 18.2 Å². The quantitative estimate of drug-likeness (QED) is 0.770. The zero-order valence-corrected chi connectivity index (χ0v) is 17.3. The predicted octanol–water partition coefficient (Wildman–Crippen LogP) is 4.43. The standard InChI is InChI=1S/C22H29FN2O3/c1-22(2,3)28-21(27)25-10-8-15(9-11-25)17-12-16(14-6-7-14)18(13-19(17)23)20(26)24(4)5/h8,12-14H,6-7,9-11H2,1-5H3. The monoisotopic (exact) mass is 388 g/mol. The number of benzene rings is 1. The maximum atomic E-state index is 14.9. The van der Waals surface area contributed by atoms with Crippen LogP contribution < -0.4 is 0 Å². The molecule has 3 rings (SSSR count). The maximum Gasteiger partial charge on any atom is 0.410 e. The first-order valence-corrected chi connectivity index (χ1v) is 9.79. The Morgan fingerprint density at radius 3 is 2.39 bits per heavy atom. The Morgan fingerprint density at radius 1 is 1.21 bits per heavy atom. The van der Waals surface area contributed by atoms with Crippen LogP contribution >= 0.6 is 0 Å². The molecule has 1 fully saturated rings. The maximum absolute atomic E-state index is 14.9. The molecule has 1 aromatic rings. The summed E-state index contributed by atoms with van der Waals surface area (Å²) in [6, 6.07) is 3.23. The van der Waals surface area contributed by atoms with Gasteiger partial charge in [-0.05, 0) is 69.2 Å². The summed E-state index contributed by atoms with van der Waals surface area (Å²) >= 11 is 0. The van der Waals surface area contributed by atoms with E-state index in [0.717, 1.165) is 24.0 Å². The lowest BCUT2D eigenvalue weighted by Gasteiger charge is -2.30. The number of ether oxygens (including phenoxy) is 1. The van der Waals surface area contributed by atoms with E-state index in [4.69, 9.17) is 4.74 Å². The van der Waals surface area contributed by atoms with Crippen molar-refractivity contribution < 1.29 is 18.7 Å². The highest BCUT2D eigenvalue weighted by Crippen LogP contribution is 2.43. The molecule has 5 nitrogen and oxygen atoms in total. The van der Waals surface area contributed by atoms with E-state index in [1.165, 1.54) is 11.0 Å². The molecule has 2 aliphatic rings. The van der Waals surface area contributed by atoms with Gasteiger partial charge in [0.25, 0.3) is 5.91 Å². The Kier molecular flexibility index (Phi) is 5.50. The first kappa shape index (κ1) is 20.4. The van der Waals surface area contributed by atoms with Gasteiger partial charge < -0.3 is 14.5 Å². The van der Waals surface area contributed by atoms with Crippen molar-refractivity contribution in [1.29, 1.82) is 0 Å². The number of halogens is 1. The van der Waals surface area contributed by atoms with Gasteiger partial charge in [0.05, 0.1) is 0 Å².